The van der Waals surface area contributed by atoms with Crippen LogP contribution in [0.1, 0.15) is 13.3 Å². The zero-order valence-electron chi connectivity index (χ0n) is 11.6. The average Bonchev–Trinajstić information content (AvgIpc) is 2.48. The van der Waals surface area contributed by atoms with E-state index in [0.29, 0.717) is 6.54 Å². The topological polar surface area (TPSA) is 77.3 Å². The summed E-state index contributed by atoms with van der Waals surface area (Å²) in [7, 11) is 0. The number of nitro benzene ring substituents is 1. The Balaban J connectivity index is 2.29. The van der Waals surface area contributed by atoms with Crippen molar-refractivity contribution >= 4 is 16.6 Å². The van der Waals surface area contributed by atoms with Crippen LogP contribution in [0.25, 0.3) is 10.9 Å². The molecule has 0 aliphatic rings. The number of aromatic nitrogens is 1. The van der Waals surface area contributed by atoms with Gasteiger partial charge >= 0.3 is 0 Å². The van der Waals surface area contributed by atoms with E-state index < -0.39 is 10.7 Å². The maximum Gasteiger partial charge on any atom is 0.281 e. The van der Waals surface area contributed by atoms with Gasteiger partial charge in [-0.25, -0.2) is 4.39 Å². The van der Waals surface area contributed by atoms with E-state index >= 15 is 0 Å². The van der Waals surface area contributed by atoms with Crippen LogP contribution in [0.4, 0.5) is 10.1 Å². The highest BCUT2D eigenvalue weighted by molar-refractivity contribution is 5.92. The lowest BCUT2D eigenvalue weighted by Crippen LogP contribution is -2.21. The Kier molecular flexibility index (Phi) is 4.99. The second kappa shape index (κ2) is 6.94. The number of nitrogens with one attached hydrogen (secondary N) is 1. The van der Waals surface area contributed by atoms with E-state index in [1.807, 2.05) is 6.92 Å². The molecule has 7 heteroatoms. The lowest BCUT2D eigenvalue weighted by atomic mass is 10.1. The SMILES string of the molecule is CCCNCCOc1c(F)cc([N+](=O)[O-])c2cccnc12. The molecule has 0 saturated heterocycles. The summed E-state index contributed by atoms with van der Waals surface area (Å²) >= 11 is 0. The number of benzene rings is 1. The summed E-state index contributed by atoms with van der Waals surface area (Å²) in [5.74, 6) is -0.821. The number of rotatable bonds is 7. The molecule has 2 aromatic rings. The highest BCUT2D eigenvalue weighted by atomic mass is 19.1. The fraction of sp³-hybridized carbons (Fsp3) is 0.357. The Bertz CT molecular complexity index is 649. The Hall–Kier alpha value is -2.28. The molecular formula is C14H16FN3O3. The minimum atomic E-state index is -0.775. The van der Waals surface area contributed by atoms with Crippen molar-refractivity contribution in [1.29, 1.82) is 0 Å². The Morgan fingerprint density at radius 3 is 3.00 bits per heavy atom. The van der Waals surface area contributed by atoms with Crippen LogP contribution in [0.5, 0.6) is 5.75 Å². The molecule has 6 nitrogen and oxygen atoms in total. The second-order valence-corrected chi connectivity index (χ2v) is 4.46. The van der Waals surface area contributed by atoms with Gasteiger partial charge in [-0.05, 0) is 25.1 Å². The number of halogens is 1. The number of nitro groups is 1. The summed E-state index contributed by atoms with van der Waals surface area (Å²) in [5, 5.41) is 14.4. The van der Waals surface area contributed by atoms with Gasteiger partial charge in [-0.15, -0.1) is 0 Å². The smallest absolute Gasteiger partial charge is 0.281 e. The number of hydrogen-bond donors (Lipinski definition) is 1. The summed E-state index contributed by atoms with van der Waals surface area (Å²) in [6.45, 7) is 3.73. The van der Waals surface area contributed by atoms with Crippen LogP contribution in [0.2, 0.25) is 0 Å². The molecular weight excluding hydrogens is 277 g/mol. The quantitative estimate of drug-likeness (QED) is 0.482. The van der Waals surface area contributed by atoms with E-state index in [4.69, 9.17) is 4.74 Å². The fourth-order valence-corrected chi connectivity index (χ4v) is 1.98. The number of pyridine rings is 1. The zero-order valence-corrected chi connectivity index (χ0v) is 11.6. The van der Waals surface area contributed by atoms with E-state index in [0.717, 1.165) is 19.0 Å². The van der Waals surface area contributed by atoms with E-state index in [-0.39, 0.29) is 28.9 Å². The predicted molar refractivity (Wildman–Crippen MR) is 77.0 cm³/mol. The molecule has 0 atom stereocenters. The third-order valence-electron chi connectivity index (χ3n) is 2.93. The summed E-state index contributed by atoms with van der Waals surface area (Å²) in [6.07, 6.45) is 2.45. The summed E-state index contributed by atoms with van der Waals surface area (Å²) in [5.41, 5.74) is -0.147. The van der Waals surface area contributed by atoms with Crippen molar-refractivity contribution in [1.82, 2.24) is 10.3 Å². The van der Waals surface area contributed by atoms with Crippen molar-refractivity contribution in [3.8, 4) is 5.75 Å². The predicted octanol–water partition coefficient (Wildman–Crippen LogP) is 2.66. The van der Waals surface area contributed by atoms with Gasteiger partial charge in [-0.3, -0.25) is 15.1 Å². The van der Waals surface area contributed by atoms with Crippen LogP contribution in [0, 0.1) is 15.9 Å². The third kappa shape index (κ3) is 3.43. The first-order valence-electron chi connectivity index (χ1n) is 6.70. The molecule has 1 aromatic heterocycles. The van der Waals surface area contributed by atoms with Gasteiger partial charge in [0.1, 0.15) is 12.1 Å². The number of non-ortho nitro benzene ring substituents is 1. The van der Waals surface area contributed by atoms with Crippen molar-refractivity contribution in [3.63, 3.8) is 0 Å². The minimum Gasteiger partial charge on any atom is -0.487 e. The van der Waals surface area contributed by atoms with E-state index in [1.54, 1.807) is 6.07 Å². The third-order valence-corrected chi connectivity index (χ3v) is 2.93. The lowest BCUT2D eigenvalue weighted by molar-refractivity contribution is -0.383. The molecule has 1 heterocycles. The molecule has 0 bridgehead atoms. The Morgan fingerprint density at radius 1 is 1.48 bits per heavy atom. The van der Waals surface area contributed by atoms with Crippen molar-refractivity contribution < 1.29 is 14.1 Å². The summed E-state index contributed by atoms with van der Waals surface area (Å²) in [6, 6.07) is 3.97. The molecule has 112 valence electrons. The minimum absolute atomic E-state index is 0.0468. The molecule has 0 radical (unpaired) electrons. The average molecular weight is 293 g/mol. The first-order valence-corrected chi connectivity index (χ1v) is 6.70. The van der Waals surface area contributed by atoms with Crippen LogP contribution < -0.4 is 10.1 Å². The molecule has 2 rings (SSSR count). The molecule has 0 fully saturated rings. The zero-order chi connectivity index (χ0) is 15.2. The molecule has 0 unspecified atom stereocenters. The van der Waals surface area contributed by atoms with Gasteiger partial charge in [-0.1, -0.05) is 6.92 Å². The largest absolute Gasteiger partial charge is 0.487 e. The van der Waals surface area contributed by atoms with Crippen molar-refractivity contribution in [3.05, 3.63) is 40.3 Å². The molecule has 0 aliphatic carbocycles. The molecule has 1 aromatic carbocycles. The maximum absolute atomic E-state index is 14.0. The monoisotopic (exact) mass is 293 g/mol. The van der Waals surface area contributed by atoms with Crippen LogP contribution in [0.3, 0.4) is 0 Å². The van der Waals surface area contributed by atoms with E-state index in [9.17, 15) is 14.5 Å². The van der Waals surface area contributed by atoms with Crippen LogP contribution >= 0.6 is 0 Å². The molecule has 0 aliphatic heterocycles. The van der Waals surface area contributed by atoms with Gasteiger partial charge in [0, 0.05) is 12.7 Å². The number of ether oxygens (including phenoxy) is 1. The second-order valence-electron chi connectivity index (χ2n) is 4.46. The van der Waals surface area contributed by atoms with Crippen LogP contribution in [-0.2, 0) is 0 Å². The first-order chi connectivity index (χ1) is 10.1. The maximum atomic E-state index is 14.0. The van der Waals surface area contributed by atoms with Gasteiger partial charge in [0.15, 0.2) is 11.6 Å². The normalized spacial score (nSPS) is 10.8. The first kappa shape index (κ1) is 15.1. The van der Waals surface area contributed by atoms with Crippen molar-refractivity contribution in [2.75, 3.05) is 19.7 Å². The van der Waals surface area contributed by atoms with Crippen molar-refractivity contribution in [2.45, 2.75) is 13.3 Å². The van der Waals surface area contributed by atoms with Crippen molar-refractivity contribution in [2.24, 2.45) is 0 Å². The van der Waals surface area contributed by atoms with E-state index in [1.165, 1.54) is 12.3 Å². The molecule has 0 amide bonds. The highest BCUT2D eigenvalue weighted by Crippen LogP contribution is 2.34. The van der Waals surface area contributed by atoms with E-state index in [2.05, 4.69) is 10.3 Å². The van der Waals surface area contributed by atoms with Gasteiger partial charge in [-0.2, -0.15) is 0 Å². The molecule has 1 N–H and O–H groups in total. The fourth-order valence-electron chi connectivity index (χ4n) is 1.98. The lowest BCUT2D eigenvalue weighted by Gasteiger charge is -2.10. The number of fused-ring (bicyclic) bond motifs is 1. The summed E-state index contributed by atoms with van der Waals surface area (Å²) in [4.78, 5) is 14.4. The van der Waals surface area contributed by atoms with Gasteiger partial charge in [0.25, 0.3) is 5.69 Å². The van der Waals surface area contributed by atoms with Crippen LogP contribution in [-0.4, -0.2) is 29.6 Å². The Morgan fingerprint density at radius 2 is 2.29 bits per heavy atom. The standard InChI is InChI=1S/C14H16FN3O3/c1-2-5-16-7-8-21-14-11(15)9-12(18(19)20)10-4-3-6-17-13(10)14/h3-4,6,9,16H,2,5,7-8H2,1H3. The van der Waals surface area contributed by atoms with Gasteiger partial charge in [0.05, 0.1) is 16.4 Å². The molecule has 0 saturated carbocycles. The Labute approximate surface area is 121 Å². The molecule has 0 spiro atoms. The van der Waals surface area contributed by atoms with Crippen LogP contribution in [0.15, 0.2) is 24.4 Å². The van der Waals surface area contributed by atoms with Gasteiger partial charge in [0.2, 0.25) is 0 Å². The highest BCUT2D eigenvalue weighted by Gasteiger charge is 2.20. The molecule has 21 heavy (non-hydrogen) atoms. The number of hydrogen-bond acceptors (Lipinski definition) is 5. The number of nitrogens with zero attached hydrogens (tertiary/aromatic N) is 2. The van der Waals surface area contributed by atoms with Gasteiger partial charge < -0.3 is 10.1 Å². The summed E-state index contributed by atoms with van der Waals surface area (Å²) < 4.78 is 19.4.